The van der Waals surface area contributed by atoms with Crippen molar-refractivity contribution in [1.29, 1.82) is 0 Å². The molecular weight excluding hydrogens is 420 g/mol. The minimum absolute atomic E-state index is 0.242. The highest BCUT2D eigenvalue weighted by Gasteiger charge is 2.19. The van der Waals surface area contributed by atoms with Gasteiger partial charge in [0.05, 0.1) is 5.02 Å². The molecule has 4 N–H and O–H groups in total. The van der Waals surface area contributed by atoms with Crippen LogP contribution in [-0.4, -0.2) is 22.1 Å². The predicted molar refractivity (Wildman–Crippen MR) is 120 cm³/mol. The summed E-state index contributed by atoms with van der Waals surface area (Å²) in [5.74, 6) is 0.122. The Kier molecular flexibility index (Phi) is 6.63. The van der Waals surface area contributed by atoms with E-state index in [1.807, 2.05) is 18.2 Å². The van der Waals surface area contributed by atoms with E-state index in [9.17, 15) is 8.78 Å². The molecule has 162 valence electrons. The summed E-state index contributed by atoms with van der Waals surface area (Å²) in [7, 11) is 0. The van der Waals surface area contributed by atoms with Gasteiger partial charge in [0.1, 0.15) is 23.3 Å². The molecule has 2 aromatic heterocycles. The zero-order chi connectivity index (χ0) is 21.8. The maximum atomic E-state index is 13.4. The predicted octanol–water partition coefficient (Wildman–Crippen LogP) is 5.37. The third-order valence-corrected chi connectivity index (χ3v) is 5.75. The van der Waals surface area contributed by atoms with Crippen LogP contribution in [0.1, 0.15) is 31.2 Å². The molecule has 0 radical (unpaired) electrons. The lowest BCUT2D eigenvalue weighted by molar-refractivity contribution is 0.410. The van der Waals surface area contributed by atoms with Crippen LogP contribution in [0.5, 0.6) is 0 Å². The lowest BCUT2D eigenvalue weighted by atomic mass is 9.92. The number of rotatable bonds is 6. The molecule has 0 saturated heterocycles. The Morgan fingerprint density at radius 2 is 1.71 bits per heavy atom. The first-order chi connectivity index (χ1) is 15.0. The summed E-state index contributed by atoms with van der Waals surface area (Å²) < 4.78 is 26.8. The first-order valence-corrected chi connectivity index (χ1v) is 10.7. The molecular formula is C23H24ClF2N5. The maximum Gasteiger partial charge on any atom is 0.126 e. The van der Waals surface area contributed by atoms with Crippen LogP contribution >= 0.6 is 11.6 Å². The lowest BCUT2D eigenvalue weighted by Gasteiger charge is -2.27. The van der Waals surface area contributed by atoms with Gasteiger partial charge in [-0.2, -0.15) is 0 Å². The molecule has 4 rings (SSSR count). The molecule has 1 aromatic carbocycles. The van der Waals surface area contributed by atoms with Crippen LogP contribution in [-0.2, 0) is 6.54 Å². The Bertz CT molecular complexity index is 1030. The van der Waals surface area contributed by atoms with Gasteiger partial charge in [0, 0.05) is 42.7 Å². The number of hydrogen-bond acceptors (Lipinski definition) is 5. The van der Waals surface area contributed by atoms with Crippen LogP contribution in [0.15, 0.2) is 48.8 Å². The van der Waals surface area contributed by atoms with Crippen molar-refractivity contribution in [3.05, 3.63) is 71.0 Å². The van der Waals surface area contributed by atoms with Gasteiger partial charge in [-0.25, -0.2) is 18.7 Å². The van der Waals surface area contributed by atoms with Crippen LogP contribution in [0.3, 0.4) is 0 Å². The van der Waals surface area contributed by atoms with Gasteiger partial charge in [-0.05, 0) is 67.1 Å². The van der Waals surface area contributed by atoms with Crippen molar-refractivity contribution in [3.8, 4) is 11.1 Å². The normalized spacial score (nSPS) is 18.6. The molecule has 3 aromatic rings. The number of nitrogens with two attached hydrogens (primary N) is 1. The molecule has 0 unspecified atom stereocenters. The van der Waals surface area contributed by atoms with Gasteiger partial charge in [-0.15, -0.1) is 0 Å². The molecule has 1 fully saturated rings. The molecule has 1 saturated carbocycles. The number of anilines is 2. The van der Waals surface area contributed by atoms with Crippen molar-refractivity contribution in [2.45, 2.75) is 44.3 Å². The molecule has 2 heterocycles. The Labute approximate surface area is 185 Å². The molecule has 8 heteroatoms. The van der Waals surface area contributed by atoms with Crippen LogP contribution in [0.25, 0.3) is 11.1 Å². The van der Waals surface area contributed by atoms with E-state index < -0.39 is 11.6 Å². The van der Waals surface area contributed by atoms with E-state index >= 15 is 0 Å². The van der Waals surface area contributed by atoms with Crippen molar-refractivity contribution in [3.63, 3.8) is 0 Å². The van der Waals surface area contributed by atoms with Gasteiger partial charge < -0.3 is 16.4 Å². The standard InChI is InChI=1S/C23H24ClF2N5/c24-21-13-30-23(31-19-3-1-18(27)2-4-19)11-20(21)15-5-6-28-22(9-15)29-12-14-7-16(25)10-17(26)8-14/h5-11,13,18-19H,1-4,12,27H2,(H,28,29)(H,30,31). The van der Waals surface area contributed by atoms with Gasteiger partial charge in [0.2, 0.25) is 0 Å². The van der Waals surface area contributed by atoms with E-state index in [-0.39, 0.29) is 6.54 Å². The van der Waals surface area contributed by atoms with Gasteiger partial charge in [-0.3, -0.25) is 0 Å². The van der Waals surface area contributed by atoms with E-state index in [0.717, 1.165) is 48.7 Å². The Balaban J connectivity index is 1.48. The van der Waals surface area contributed by atoms with E-state index in [1.165, 1.54) is 12.1 Å². The van der Waals surface area contributed by atoms with E-state index in [0.29, 0.717) is 28.5 Å². The van der Waals surface area contributed by atoms with Gasteiger partial charge >= 0.3 is 0 Å². The highest BCUT2D eigenvalue weighted by molar-refractivity contribution is 6.33. The fourth-order valence-electron chi connectivity index (χ4n) is 3.81. The summed E-state index contributed by atoms with van der Waals surface area (Å²) in [5, 5.41) is 7.11. The number of halogens is 3. The minimum atomic E-state index is -0.609. The summed E-state index contributed by atoms with van der Waals surface area (Å²) in [4.78, 5) is 8.71. The van der Waals surface area contributed by atoms with Crippen LogP contribution in [0.2, 0.25) is 5.02 Å². The number of nitrogens with zero attached hydrogens (tertiary/aromatic N) is 2. The molecule has 0 bridgehead atoms. The Morgan fingerprint density at radius 3 is 2.45 bits per heavy atom. The van der Waals surface area contributed by atoms with Gasteiger partial charge in [0.25, 0.3) is 0 Å². The highest BCUT2D eigenvalue weighted by atomic mass is 35.5. The van der Waals surface area contributed by atoms with Crippen molar-refractivity contribution >= 4 is 23.2 Å². The Morgan fingerprint density at radius 1 is 0.968 bits per heavy atom. The van der Waals surface area contributed by atoms with Crippen molar-refractivity contribution < 1.29 is 8.78 Å². The summed E-state index contributed by atoms with van der Waals surface area (Å²) in [6.45, 7) is 0.242. The quantitative estimate of drug-likeness (QED) is 0.477. The zero-order valence-corrected chi connectivity index (χ0v) is 17.7. The van der Waals surface area contributed by atoms with Crippen LogP contribution in [0, 0.1) is 11.6 Å². The smallest absolute Gasteiger partial charge is 0.126 e. The first-order valence-electron chi connectivity index (χ1n) is 10.3. The number of nitrogens with one attached hydrogen (secondary N) is 2. The second-order valence-corrected chi connectivity index (χ2v) is 8.27. The third kappa shape index (κ3) is 5.68. The largest absolute Gasteiger partial charge is 0.367 e. The van der Waals surface area contributed by atoms with Gasteiger partial charge in [0.15, 0.2) is 0 Å². The average molecular weight is 444 g/mol. The number of pyridine rings is 2. The van der Waals surface area contributed by atoms with Crippen LogP contribution < -0.4 is 16.4 Å². The van der Waals surface area contributed by atoms with Crippen molar-refractivity contribution in [1.82, 2.24) is 9.97 Å². The summed E-state index contributed by atoms with van der Waals surface area (Å²) in [5.41, 5.74) is 8.17. The summed E-state index contributed by atoms with van der Waals surface area (Å²) in [6.07, 6.45) is 7.35. The molecule has 0 spiro atoms. The van der Waals surface area contributed by atoms with E-state index in [4.69, 9.17) is 17.3 Å². The summed E-state index contributed by atoms with van der Waals surface area (Å²) in [6, 6.07) is 9.70. The first kappa shape index (κ1) is 21.5. The summed E-state index contributed by atoms with van der Waals surface area (Å²) >= 11 is 6.42. The number of aromatic nitrogens is 2. The topological polar surface area (TPSA) is 75.9 Å². The Hall–Kier alpha value is -2.77. The average Bonchev–Trinajstić information content (AvgIpc) is 2.75. The fraction of sp³-hybridized carbons (Fsp3) is 0.304. The number of benzene rings is 1. The molecule has 1 aliphatic carbocycles. The second-order valence-electron chi connectivity index (χ2n) is 7.87. The minimum Gasteiger partial charge on any atom is -0.367 e. The molecule has 1 aliphatic rings. The van der Waals surface area contributed by atoms with Crippen molar-refractivity contribution in [2.75, 3.05) is 10.6 Å². The monoisotopic (exact) mass is 443 g/mol. The van der Waals surface area contributed by atoms with Gasteiger partial charge in [-0.1, -0.05) is 11.6 Å². The SMILES string of the molecule is NC1CCC(Nc2cc(-c3ccnc(NCc4cc(F)cc(F)c4)c3)c(Cl)cn2)CC1. The second kappa shape index (κ2) is 9.58. The number of hydrogen-bond donors (Lipinski definition) is 3. The van der Waals surface area contributed by atoms with E-state index in [1.54, 1.807) is 12.4 Å². The molecule has 0 atom stereocenters. The van der Waals surface area contributed by atoms with E-state index in [2.05, 4.69) is 20.6 Å². The van der Waals surface area contributed by atoms with Crippen LogP contribution in [0.4, 0.5) is 20.4 Å². The highest BCUT2D eigenvalue weighted by Crippen LogP contribution is 2.31. The molecule has 0 amide bonds. The zero-order valence-electron chi connectivity index (χ0n) is 16.9. The maximum absolute atomic E-state index is 13.4. The molecule has 31 heavy (non-hydrogen) atoms. The lowest BCUT2D eigenvalue weighted by Crippen LogP contribution is -2.33. The molecule has 5 nitrogen and oxygen atoms in total. The molecule has 0 aliphatic heterocycles. The van der Waals surface area contributed by atoms with Crippen molar-refractivity contribution in [2.24, 2.45) is 5.73 Å². The fourth-order valence-corrected chi connectivity index (χ4v) is 4.02. The third-order valence-electron chi connectivity index (χ3n) is 5.45.